The summed E-state index contributed by atoms with van der Waals surface area (Å²) in [4.78, 5) is 3.98. The average Bonchev–Trinajstić information content (AvgIpc) is 2.48. The maximum absolute atomic E-state index is 9.50. The van der Waals surface area contributed by atoms with Crippen LogP contribution in [0.1, 0.15) is 23.6 Å². The highest BCUT2D eigenvalue weighted by Gasteiger charge is 2.26. The predicted octanol–water partition coefficient (Wildman–Crippen LogP) is 2.98. The van der Waals surface area contributed by atoms with Crippen LogP contribution >= 0.6 is 0 Å². The number of rotatable bonds is 3. The molecule has 2 rings (SSSR count). The van der Waals surface area contributed by atoms with Gasteiger partial charge in [-0.3, -0.25) is 4.98 Å². The highest BCUT2D eigenvalue weighted by Crippen LogP contribution is 2.27. The smallest absolute Gasteiger partial charge is 0.0991 e. The van der Waals surface area contributed by atoms with Crippen LogP contribution in [-0.4, -0.2) is 4.98 Å². The molecule has 19 heavy (non-hydrogen) atoms. The van der Waals surface area contributed by atoms with Crippen molar-refractivity contribution in [3.63, 3.8) is 0 Å². The standard InChI is InChI=1S/C16H13N3/c1-16(12-18,10-13-6-8-19-9-7-13)15-4-2-14(11-17)3-5-15/h2-9H,10H2,1H3. The van der Waals surface area contributed by atoms with E-state index in [1.807, 2.05) is 31.2 Å². The van der Waals surface area contributed by atoms with Crippen molar-refractivity contribution in [1.29, 1.82) is 10.5 Å². The van der Waals surface area contributed by atoms with Gasteiger partial charge in [0.15, 0.2) is 0 Å². The molecule has 3 nitrogen and oxygen atoms in total. The Balaban J connectivity index is 2.32. The summed E-state index contributed by atoms with van der Waals surface area (Å²) >= 11 is 0. The second-order valence-electron chi connectivity index (χ2n) is 4.67. The summed E-state index contributed by atoms with van der Waals surface area (Å²) in [5.74, 6) is 0. The molecule has 0 aliphatic rings. The van der Waals surface area contributed by atoms with Gasteiger partial charge in [-0.25, -0.2) is 0 Å². The van der Waals surface area contributed by atoms with E-state index < -0.39 is 5.41 Å². The molecule has 0 aliphatic carbocycles. The molecule has 0 fully saturated rings. The molecule has 0 spiro atoms. The largest absolute Gasteiger partial charge is 0.265 e. The van der Waals surface area contributed by atoms with Gasteiger partial charge >= 0.3 is 0 Å². The first kappa shape index (κ1) is 12.8. The van der Waals surface area contributed by atoms with Gasteiger partial charge in [-0.2, -0.15) is 10.5 Å². The lowest BCUT2D eigenvalue weighted by molar-refractivity contribution is 0.606. The zero-order chi connectivity index (χ0) is 13.7. The van der Waals surface area contributed by atoms with E-state index in [1.54, 1.807) is 24.5 Å². The van der Waals surface area contributed by atoms with Crippen LogP contribution < -0.4 is 0 Å². The highest BCUT2D eigenvalue weighted by atomic mass is 14.6. The second-order valence-corrected chi connectivity index (χ2v) is 4.67. The minimum absolute atomic E-state index is 0.602. The number of aromatic nitrogens is 1. The van der Waals surface area contributed by atoms with Crippen LogP contribution in [0.5, 0.6) is 0 Å². The van der Waals surface area contributed by atoms with E-state index >= 15 is 0 Å². The van der Waals surface area contributed by atoms with E-state index in [0.717, 1.165) is 11.1 Å². The quantitative estimate of drug-likeness (QED) is 0.837. The van der Waals surface area contributed by atoms with E-state index in [1.165, 1.54) is 0 Å². The SMILES string of the molecule is CC(C#N)(Cc1ccncc1)c1ccc(C#N)cc1. The molecule has 0 N–H and O–H groups in total. The van der Waals surface area contributed by atoms with Crippen LogP contribution in [0.15, 0.2) is 48.8 Å². The lowest BCUT2D eigenvalue weighted by Gasteiger charge is -2.22. The lowest BCUT2D eigenvalue weighted by atomic mass is 9.78. The molecule has 3 heteroatoms. The zero-order valence-electron chi connectivity index (χ0n) is 10.7. The fourth-order valence-corrected chi connectivity index (χ4v) is 2.03. The van der Waals surface area contributed by atoms with Gasteiger partial charge in [-0.1, -0.05) is 12.1 Å². The Morgan fingerprint density at radius 1 is 1.05 bits per heavy atom. The first-order valence-electron chi connectivity index (χ1n) is 5.99. The van der Waals surface area contributed by atoms with Crippen molar-refractivity contribution in [2.24, 2.45) is 0 Å². The van der Waals surface area contributed by atoms with E-state index in [4.69, 9.17) is 5.26 Å². The Morgan fingerprint density at radius 3 is 2.21 bits per heavy atom. The molecule has 0 bridgehead atoms. The molecule has 1 heterocycles. The minimum atomic E-state index is -0.602. The Morgan fingerprint density at radius 2 is 1.68 bits per heavy atom. The summed E-state index contributed by atoms with van der Waals surface area (Å²) < 4.78 is 0. The fourth-order valence-electron chi connectivity index (χ4n) is 2.03. The molecule has 2 aromatic rings. The number of hydrogen-bond donors (Lipinski definition) is 0. The molecule has 0 amide bonds. The third-order valence-corrected chi connectivity index (χ3v) is 3.20. The van der Waals surface area contributed by atoms with Crippen molar-refractivity contribution in [2.75, 3.05) is 0 Å². The van der Waals surface area contributed by atoms with Gasteiger partial charge in [0.2, 0.25) is 0 Å². The third-order valence-electron chi connectivity index (χ3n) is 3.20. The number of nitrogens with zero attached hydrogens (tertiary/aromatic N) is 3. The van der Waals surface area contributed by atoms with Crippen molar-refractivity contribution < 1.29 is 0 Å². The molecule has 0 saturated carbocycles. The maximum Gasteiger partial charge on any atom is 0.0991 e. The molecular formula is C16H13N3. The average molecular weight is 247 g/mol. The topological polar surface area (TPSA) is 60.5 Å². The Kier molecular flexibility index (Phi) is 3.59. The number of pyridine rings is 1. The summed E-state index contributed by atoms with van der Waals surface area (Å²) in [6.45, 7) is 1.91. The highest BCUT2D eigenvalue weighted by molar-refractivity contribution is 5.39. The number of nitriles is 2. The molecule has 1 aromatic heterocycles. The summed E-state index contributed by atoms with van der Waals surface area (Å²) in [6, 6.07) is 15.5. The molecule has 92 valence electrons. The van der Waals surface area contributed by atoms with E-state index in [0.29, 0.717) is 12.0 Å². The van der Waals surface area contributed by atoms with Gasteiger partial charge in [0.1, 0.15) is 0 Å². The van der Waals surface area contributed by atoms with Crippen LogP contribution in [0, 0.1) is 22.7 Å². The lowest BCUT2D eigenvalue weighted by Crippen LogP contribution is -2.22. The van der Waals surface area contributed by atoms with Gasteiger partial charge < -0.3 is 0 Å². The van der Waals surface area contributed by atoms with Gasteiger partial charge in [-0.05, 0) is 48.7 Å². The fraction of sp³-hybridized carbons (Fsp3) is 0.188. The summed E-state index contributed by atoms with van der Waals surface area (Å²) in [5, 5.41) is 18.3. The number of hydrogen-bond acceptors (Lipinski definition) is 3. The van der Waals surface area contributed by atoms with Crippen LogP contribution in [0.2, 0.25) is 0 Å². The molecule has 1 unspecified atom stereocenters. The van der Waals surface area contributed by atoms with Crippen LogP contribution in [0.4, 0.5) is 0 Å². The Hall–Kier alpha value is -2.65. The summed E-state index contributed by atoms with van der Waals surface area (Å²) in [6.07, 6.45) is 4.08. The van der Waals surface area contributed by atoms with Crippen LogP contribution in [-0.2, 0) is 11.8 Å². The molecule has 0 saturated heterocycles. The number of benzene rings is 1. The van der Waals surface area contributed by atoms with Crippen LogP contribution in [0.3, 0.4) is 0 Å². The van der Waals surface area contributed by atoms with Crippen molar-refractivity contribution in [3.8, 4) is 12.1 Å². The van der Waals surface area contributed by atoms with Crippen molar-refractivity contribution in [1.82, 2.24) is 4.98 Å². The van der Waals surface area contributed by atoms with Gasteiger partial charge in [-0.15, -0.1) is 0 Å². The Labute approximate surface area is 112 Å². The maximum atomic E-state index is 9.50. The van der Waals surface area contributed by atoms with Gasteiger partial charge in [0.05, 0.1) is 23.1 Å². The summed E-state index contributed by atoms with van der Waals surface area (Å²) in [5.41, 5.74) is 2.00. The second kappa shape index (κ2) is 5.33. The van der Waals surface area contributed by atoms with E-state index in [-0.39, 0.29) is 0 Å². The van der Waals surface area contributed by atoms with Crippen molar-refractivity contribution in [2.45, 2.75) is 18.8 Å². The Bertz CT molecular complexity index is 632. The molecule has 1 atom stereocenters. The van der Waals surface area contributed by atoms with E-state index in [9.17, 15) is 5.26 Å². The normalized spacial score (nSPS) is 13.0. The first-order valence-corrected chi connectivity index (χ1v) is 5.99. The minimum Gasteiger partial charge on any atom is -0.265 e. The van der Waals surface area contributed by atoms with E-state index in [2.05, 4.69) is 17.1 Å². The molecule has 0 aliphatic heterocycles. The van der Waals surface area contributed by atoms with Crippen molar-refractivity contribution in [3.05, 3.63) is 65.5 Å². The van der Waals surface area contributed by atoms with Gasteiger partial charge in [0.25, 0.3) is 0 Å². The molecular weight excluding hydrogens is 234 g/mol. The third kappa shape index (κ3) is 2.78. The predicted molar refractivity (Wildman–Crippen MR) is 72.1 cm³/mol. The first-order chi connectivity index (χ1) is 9.18. The monoisotopic (exact) mass is 247 g/mol. The van der Waals surface area contributed by atoms with Crippen LogP contribution in [0.25, 0.3) is 0 Å². The summed E-state index contributed by atoms with van der Waals surface area (Å²) in [7, 11) is 0. The molecule has 0 radical (unpaired) electrons. The van der Waals surface area contributed by atoms with Gasteiger partial charge in [0, 0.05) is 12.4 Å². The zero-order valence-corrected chi connectivity index (χ0v) is 10.7. The molecule has 1 aromatic carbocycles. The van der Waals surface area contributed by atoms with Crippen molar-refractivity contribution >= 4 is 0 Å².